The maximum atomic E-state index is 6.28. The van der Waals surface area contributed by atoms with E-state index in [2.05, 4.69) is 144 Å². The molecule has 1 fully saturated rings. The molecule has 1 heterocycles. The highest BCUT2D eigenvalue weighted by atomic mass is 28.5. The predicted molar refractivity (Wildman–Crippen MR) is 188 cm³/mol. The summed E-state index contributed by atoms with van der Waals surface area (Å²) in [6, 6.07) is 0. The van der Waals surface area contributed by atoms with Gasteiger partial charge in [-0.1, -0.05) is 0 Å². The van der Waals surface area contributed by atoms with Gasteiger partial charge in [0.05, 0.1) is 0 Å². The van der Waals surface area contributed by atoms with Crippen molar-refractivity contribution in [3.8, 4) is 0 Å². The zero-order chi connectivity index (χ0) is 31.4. The van der Waals surface area contributed by atoms with Gasteiger partial charge in [-0.05, 0) is 144 Å². The summed E-state index contributed by atoms with van der Waals surface area (Å²) in [6.45, 7) is 47.8. The van der Waals surface area contributed by atoms with E-state index >= 15 is 0 Å². The highest BCUT2D eigenvalue weighted by molar-refractivity contribution is 6.92. The molecule has 0 aromatic rings. The molecular formula is C22H66O7Si9. The molecule has 0 amide bonds. The first-order valence-corrected chi connectivity index (χ1v) is 41.6. The van der Waals surface area contributed by atoms with Gasteiger partial charge in [-0.3, -0.25) is 0 Å². The van der Waals surface area contributed by atoms with Crippen molar-refractivity contribution in [2.24, 2.45) is 0 Å². The maximum Gasteiger partial charge on any atom is 0.314 e. The van der Waals surface area contributed by atoms with E-state index in [0.29, 0.717) is 0 Å². The Morgan fingerprint density at radius 3 is 0.632 bits per heavy atom. The Labute approximate surface area is 247 Å². The summed E-state index contributed by atoms with van der Waals surface area (Å²) in [7, 11) is -15.2. The van der Waals surface area contributed by atoms with E-state index in [1.54, 1.807) is 0 Å². The smallest absolute Gasteiger partial charge is 0.314 e. The first kappa shape index (κ1) is 41.8. The van der Waals surface area contributed by atoms with E-state index < -0.39 is 76.1 Å². The lowest BCUT2D eigenvalue weighted by molar-refractivity contribution is 0.238. The van der Waals surface area contributed by atoms with Crippen LogP contribution in [0.3, 0.4) is 0 Å². The molecule has 0 radical (unpaired) electrons. The molecule has 1 aliphatic heterocycles. The van der Waals surface area contributed by atoms with E-state index in [1.165, 1.54) is 0 Å². The van der Waals surface area contributed by atoms with Crippen molar-refractivity contribution in [1.29, 1.82) is 0 Å². The molecule has 0 bridgehead atoms. The SMILES string of the molecule is C[Si](C)(C)O[Si](C)(C)C.C[Si](C)(C)O[Si](C)(C)O[Si](C)(C)O[Si](C)(C)C.C[Si]1(C)O[Si](C)(C)O[Si](C)(C)O1. The van der Waals surface area contributed by atoms with E-state index in [0.717, 1.165) is 0 Å². The molecule has 0 spiro atoms. The summed E-state index contributed by atoms with van der Waals surface area (Å²) in [5.41, 5.74) is 0. The predicted octanol–water partition coefficient (Wildman–Crippen LogP) is 8.94. The Balaban J connectivity index is 0. The Morgan fingerprint density at radius 2 is 0.500 bits per heavy atom. The Kier molecular flexibility index (Phi) is 15.4. The molecule has 0 atom stereocenters. The van der Waals surface area contributed by atoms with Crippen molar-refractivity contribution in [3.63, 3.8) is 0 Å². The Bertz CT molecular complexity index is 635. The van der Waals surface area contributed by atoms with Crippen LogP contribution in [0.15, 0.2) is 0 Å². The van der Waals surface area contributed by atoms with Gasteiger partial charge in [-0.25, -0.2) is 0 Å². The monoisotopic (exact) mass is 694 g/mol. The van der Waals surface area contributed by atoms with Crippen molar-refractivity contribution in [2.75, 3.05) is 0 Å². The van der Waals surface area contributed by atoms with Crippen LogP contribution in [0, 0.1) is 0 Å². The van der Waals surface area contributed by atoms with Crippen LogP contribution in [-0.2, 0) is 28.8 Å². The molecule has 1 saturated heterocycles. The lowest BCUT2D eigenvalue weighted by Gasteiger charge is -2.46. The van der Waals surface area contributed by atoms with Crippen LogP contribution in [0.4, 0.5) is 0 Å². The molecule has 16 heteroatoms. The molecular weight excluding hydrogens is 629 g/mol. The average Bonchev–Trinajstić information content (AvgIpc) is 2.29. The largest absolute Gasteiger partial charge is 0.456 e. The van der Waals surface area contributed by atoms with Crippen LogP contribution in [0.1, 0.15) is 0 Å². The molecule has 0 unspecified atom stereocenters. The molecule has 232 valence electrons. The number of hydrogen-bond acceptors (Lipinski definition) is 7. The van der Waals surface area contributed by atoms with Crippen molar-refractivity contribution in [2.45, 2.75) is 144 Å². The Hall–Kier alpha value is 1.67. The van der Waals surface area contributed by atoms with Crippen LogP contribution in [0.5, 0.6) is 0 Å². The first-order valence-electron chi connectivity index (χ1n) is 13.9. The van der Waals surface area contributed by atoms with E-state index in [-0.39, 0.29) is 0 Å². The number of hydrogen-bond donors (Lipinski definition) is 0. The van der Waals surface area contributed by atoms with Crippen LogP contribution < -0.4 is 0 Å². The molecule has 1 rings (SSSR count). The Morgan fingerprint density at radius 1 is 0.316 bits per heavy atom. The van der Waals surface area contributed by atoms with Crippen molar-refractivity contribution in [3.05, 3.63) is 0 Å². The molecule has 0 aromatic carbocycles. The molecule has 7 nitrogen and oxygen atoms in total. The van der Waals surface area contributed by atoms with Crippen molar-refractivity contribution < 1.29 is 28.8 Å². The minimum atomic E-state index is -2.05. The van der Waals surface area contributed by atoms with Gasteiger partial charge >= 0.3 is 42.8 Å². The van der Waals surface area contributed by atoms with Crippen molar-refractivity contribution in [1.82, 2.24) is 0 Å². The first-order chi connectivity index (χ1) is 15.9. The quantitative estimate of drug-likeness (QED) is 0.235. The minimum Gasteiger partial charge on any atom is -0.456 e. The van der Waals surface area contributed by atoms with Gasteiger partial charge in [0.2, 0.25) is 0 Å². The lowest BCUT2D eigenvalue weighted by atomic mass is 11.8. The molecule has 1 aliphatic rings. The normalized spacial score (nSPS) is 20.1. The van der Waals surface area contributed by atoms with Crippen LogP contribution in [0.25, 0.3) is 0 Å². The van der Waals surface area contributed by atoms with Gasteiger partial charge in [0, 0.05) is 0 Å². The van der Waals surface area contributed by atoms with Gasteiger partial charge in [0.15, 0.2) is 33.3 Å². The molecule has 0 aliphatic carbocycles. The van der Waals surface area contributed by atoms with Gasteiger partial charge in [-0.2, -0.15) is 0 Å². The summed E-state index contributed by atoms with van der Waals surface area (Å²) >= 11 is 0. The molecule has 38 heavy (non-hydrogen) atoms. The molecule has 0 saturated carbocycles. The fourth-order valence-electron chi connectivity index (χ4n) is 4.87. The van der Waals surface area contributed by atoms with Gasteiger partial charge in [0.1, 0.15) is 0 Å². The summed E-state index contributed by atoms with van der Waals surface area (Å²) in [5.74, 6) is 0. The van der Waals surface area contributed by atoms with Crippen LogP contribution in [-0.4, -0.2) is 76.1 Å². The third kappa shape index (κ3) is 26.6. The third-order valence-electron chi connectivity index (χ3n) is 3.68. The lowest BCUT2D eigenvalue weighted by Crippen LogP contribution is -2.64. The second-order valence-electron chi connectivity index (χ2n) is 16.2. The molecule has 0 N–H and O–H groups in total. The second-order valence-corrected chi connectivity index (χ2v) is 52.8. The summed E-state index contributed by atoms with van der Waals surface area (Å²) in [4.78, 5) is 0. The molecule has 0 aromatic heterocycles. The van der Waals surface area contributed by atoms with E-state index in [4.69, 9.17) is 28.8 Å². The fraction of sp³-hybridized carbons (Fsp3) is 1.00. The van der Waals surface area contributed by atoms with Crippen molar-refractivity contribution >= 4 is 76.1 Å². The van der Waals surface area contributed by atoms with Crippen LogP contribution in [0.2, 0.25) is 144 Å². The van der Waals surface area contributed by atoms with Gasteiger partial charge in [0.25, 0.3) is 0 Å². The summed E-state index contributed by atoms with van der Waals surface area (Å²) in [6.07, 6.45) is 0. The zero-order valence-corrected chi connectivity index (χ0v) is 38.4. The maximum absolute atomic E-state index is 6.28. The van der Waals surface area contributed by atoms with Gasteiger partial charge in [-0.15, -0.1) is 0 Å². The summed E-state index contributed by atoms with van der Waals surface area (Å²) in [5, 5.41) is 0. The van der Waals surface area contributed by atoms with E-state index in [9.17, 15) is 0 Å². The van der Waals surface area contributed by atoms with Gasteiger partial charge < -0.3 is 28.8 Å². The average molecular weight is 696 g/mol. The third-order valence-corrected chi connectivity index (χ3v) is 33.1. The number of rotatable bonds is 8. The topological polar surface area (TPSA) is 64.6 Å². The zero-order valence-electron chi connectivity index (χ0n) is 29.4. The van der Waals surface area contributed by atoms with Crippen LogP contribution >= 0.6 is 0 Å². The second kappa shape index (κ2) is 14.0. The standard InChI is InChI=1S/C10H30O3Si4.C6H18O3Si3.C6H18OSi2/c1-14(2,3)11-16(7,8)13-17(9,10)12-15(4,5)6;1-10(2)7-11(3,4)9-12(5,6)8-10;1-8(2,3)7-9(4,5)6/h1-10H3;1-6H3;1-6H3. The minimum absolute atomic E-state index is 1.23. The summed E-state index contributed by atoms with van der Waals surface area (Å²) < 4.78 is 42.2. The fourth-order valence-corrected chi connectivity index (χ4v) is 45.7. The highest BCUT2D eigenvalue weighted by Crippen LogP contribution is 2.30. The highest BCUT2D eigenvalue weighted by Gasteiger charge is 2.50. The van der Waals surface area contributed by atoms with E-state index in [1.807, 2.05) is 0 Å².